The Kier molecular flexibility index (Phi) is 8.13. The number of furan rings is 1. The van der Waals surface area contributed by atoms with Gasteiger partial charge in [-0.1, -0.05) is 182 Å². The molecule has 0 N–H and O–H groups in total. The number of rotatable bonds is 6. The molecule has 0 spiro atoms. The van der Waals surface area contributed by atoms with Gasteiger partial charge >= 0.3 is 0 Å². The highest BCUT2D eigenvalue weighted by Gasteiger charge is 2.17. The van der Waals surface area contributed by atoms with E-state index in [9.17, 15) is 0 Å². The quantitative estimate of drug-likeness (QED) is 0.158. The molecule has 0 saturated carbocycles. The van der Waals surface area contributed by atoms with Crippen molar-refractivity contribution in [3.8, 4) is 67.5 Å². The zero-order valence-corrected chi connectivity index (χ0v) is 33.0. The van der Waals surface area contributed by atoms with Gasteiger partial charge in [0.2, 0.25) is 0 Å². The summed E-state index contributed by atoms with van der Waals surface area (Å²) in [6.07, 6.45) is 0. The van der Waals surface area contributed by atoms with E-state index in [0.717, 1.165) is 60.9 Å². The fourth-order valence-corrected chi connectivity index (χ4v) is 8.95. The van der Waals surface area contributed by atoms with Gasteiger partial charge in [-0.15, -0.1) is 0 Å². The summed E-state index contributed by atoms with van der Waals surface area (Å²) in [5, 5.41) is 9.85. The number of nitrogens with zero attached hydrogens (tertiary/aromatic N) is 3. The summed E-state index contributed by atoms with van der Waals surface area (Å²) in [7, 11) is 0. The van der Waals surface area contributed by atoms with Crippen molar-refractivity contribution in [2.45, 2.75) is 0 Å². The molecule has 0 aliphatic rings. The first-order valence-electron chi connectivity index (χ1n) is 20.6. The predicted octanol–water partition coefficient (Wildman–Crippen LogP) is 15.2. The minimum atomic E-state index is 0.628. The fourth-order valence-electron chi connectivity index (χ4n) is 8.95. The van der Waals surface area contributed by atoms with Crippen LogP contribution in [0.25, 0.3) is 122 Å². The molecule has 284 valence electrons. The van der Waals surface area contributed by atoms with Crippen LogP contribution in [-0.4, -0.2) is 15.0 Å². The second-order valence-electron chi connectivity index (χ2n) is 15.5. The van der Waals surface area contributed by atoms with Crippen LogP contribution in [0.1, 0.15) is 0 Å². The van der Waals surface area contributed by atoms with Crippen molar-refractivity contribution in [2.24, 2.45) is 0 Å². The molecule has 0 bridgehead atoms. The first-order valence-corrected chi connectivity index (χ1v) is 20.6. The first-order chi connectivity index (χ1) is 30.2. The van der Waals surface area contributed by atoms with Crippen molar-refractivity contribution in [3.63, 3.8) is 0 Å². The molecule has 12 rings (SSSR count). The Hall–Kier alpha value is -8.21. The van der Waals surface area contributed by atoms with Crippen molar-refractivity contribution in [1.82, 2.24) is 15.0 Å². The van der Waals surface area contributed by atoms with Crippen LogP contribution >= 0.6 is 0 Å². The maximum Gasteiger partial charge on any atom is 0.164 e. The minimum absolute atomic E-state index is 0.628. The third-order valence-corrected chi connectivity index (χ3v) is 11.9. The van der Waals surface area contributed by atoms with E-state index in [1.807, 2.05) is 60.7 Å². The Morgan fingerprint density at radius 3 is 1.25 bits per heavy atom. The van der Waals surface area contributed by atoms with Gasteiger partial charge in [-0.25, -0.2) is 15.0 Å². The normalized spacial score (nSPS) is 11.6. The largest absolute Gasteiger partial charge is 0.456 e. The number of aromatic nitrogens is 3. The predicted molar refractivity (Wildman–Crippen MR) is 252 cm³/mol. The van der Waals surface area contributed by atoms with E-state index in [4.69, 9.17) is 19.4 Å². The fraction of sp³-hybridized carbons (Fsp3) is 0. The average Bonchev–Trinajstić information content (AvgIpc) is 3.73. The Bertz CT molecular complexity index is 3540. The van der Waals surface area contributed by atoms with Gasteiger partial charge in [-0.3, -0.25) is 0 Å². The van der Waals surface area contributed by atoms with E-state index in [-0.39, 0.29) is 0 Å². The molecule has 0 atom stereocenters. The van der Waals surface area contributed by atoms with Crippen LogP contribution < -0.4 is 0 Å². The van der Waals surface area contributed by atoms with Gasteiger partial charge in [0.15, 0.2) is 17.5 Å². The SMILES string of the molecule is c1ccc(-c2nc(-c3ccccc3)nc(-c3ccc(-c4cccc5oc6ccc(-c7cccc(-c8ccc9c%10ccccc%10c%10ccccc%10c9c8)c7)cc6c45)cc3)n2)cc1. The van der Waals surface area contributed by atoms with Crippen molar-refractivity contribution >= 4 is 54.3 Å². The Labute approximate surface area is 352 Å². The van der Waals surface area contributed by atoms with E-state index in [2.05, 4.69) is 152 Å². The van der Waals surface area contributed by atoms with Crippen molar-refractivity contribution in [1.29, 1.82) is 0 Å². The van der Waals surface area contributed by atoms with Crippen LogP contribution in [-0.2, 0) is 0 Å². The number of fused-ring (bicyclic) bond motifs is 9. The van der Waals surface area contributed by atoms with E-state index >= 15 is 0 Å². The molecule has 4 nitrogen and oxygen atoms in total. The standard InChI is InChI=1S/C57H35N3O/c1-3-13-37(14-4-1)55-58-56(38-15-5-2-6-16-38)60-57(59-55)39-27-25-36(26-28-39)44-23-12-24-53-54(44)51-35-43(30-32-52(51)61-53)41-18-11-17-40(33-41)42-29-31-49-47-21-8-7-19-45(47)46-20-9-10-22-48(46)50(49)34-42/h1-35H. The van der Waals surface area contributed by atoms with Crippen LogP contribution in [0.15, 0.2) is 217 Å². The molecule has 61 heavy (non-hydrogen) atoms. The first kappa shape index (κ1) is 34.8. The Balaban J connectivity index is 0.921. The summed E-state index contributed by atoms with van der Waals surface area (Å²) in [6.45, 7) is 0. The van der Waals surface area contributed by atoms with Crippen LogP contribution in [0, 0.1) is 0 Å². The molecule has 4 heteroatoms. The van der Waals surface area contributed by atoms with E-state index < -0.39 is 0 Å². The smallest absolute Gasteiger partial charge is 0.164 e. The van der Waals surface area contributed by atoms with Crippen LogP contribution in [0.3, 0.4) is 0 Å². The molecule has 0 unspecified atom stereocenters. The molecule has 0 saturated heterocycles. The molecular weight excluding hydrogens is 743 g/mol. The summed E-state index contributed by atoms with van der Waals surface area (Å²) in [5.41, 5.74) is 11.4. The van der Waals surface area contributed by atoms with Crippen molar-refractivity contribution < 1.29 is 4.42 Å². The third-order valence-electron chi connectivity index (χ3n) is 11.9. The topological polar surface area (TPSA) is 51.8 Å². The lowest BCUT2D eigenvalue weighted by Crippen LogP contribution is -2.00. The maximum absolute atomic E-state index is 6.48. The molecule has 2 heterocycles. The molecule has 10 aromatic carbocycles. The number of hydrogen-bond acceptors (Lipinski definition) is 4. The van der Waals surface area contributed by atoms with Gasteiger partial charge in [0, 0.05) is 27.5 Å². The summed E-state index contributed by atoms with van der Waals surface area (Å²) < 4.78 is 6.48. The molecule has 12 aromatic rings. The summed E-state index contributed by atoms with van der Waals surface area (Å²) in [6, 6.07) is 74.8. The lowest BCUT2D eigenvalue weighted by molar-refractivity contribution is 0.669. The molecule has 0 aliphatic heterocycles. The van der Waals surface area contributed by atoms with Gasteiger partial charge in [-0.05, 0) is 96.0 Å². The zero-order valence-electron chi connectivity index (χ0n) is 33.0. The minimum Gasteiger partial charge on any atom is -0.456 e. The van der Waals surface area contributed by atoms with Crippen molar-refractivity contribution in [3.05, 3.63) is 212 Å². The Morgan fingerprint density at radius 1 is 0.246 bits per heavy atom. The highest BCUT2D eigenvalue weighted by atomic mass is 16.3. The van der Waals surface area contributed by atoms with Gasteiger partial charge in [0.25, 0.3) is 0 Å². The lowest BCUT2D eigenvalue weighted by Gasteiger charge is -2.12. The lowest BCUT2D eigenvalue weighted by atomic mass is 9.91. The second kappa shape index (κ2) is 14.3. The highest BCUT2D eigenvalue weighted by molar-refractivity contribution is 6.25. The van der Waals surface area contributed by atoms with Gasteiger partial charge < -0.3 is 4.42 Å². The number of hydrogen-bond donors (Lipinski definition) is 0. The van der Waals surface area contributed by atoms with Crippen LogP contribution in [0.5, 0.6) is 0 Å². The molecule has 0 amide bonds. The summed E-state index contributed by atoms with van der Waals surface area (Å²) >= 11 is 0. The van der Waals surface area contributed by atoms with Crippen LogP contribution in [0.4, 0.5) is 0 Å². The summed E-state index contributed by atoms with van der Waals surface area (Å²) in [4.78, 5) is 14.8. The van der Waals surface area contributed by atoms with Gasteiger partial charge in [0.1, 0.15) is 11.2 Å². The number of benzene rings is 10. The molecule has 0 radical (unpaired) electrons. The maximum atomic E-state index is 6.48. The molecule has 0 aliphatic carbocycles. The molecule has 2 aromatic heterocycles. The molecular formula is C57H35N3O. The third kappa shape index (κ3) is 6.04. The second-order valence-corrected chi connectivity index (χ2v) is 15.5. The van der Waals surface area contributed by atoms with E-state index in [0.29, 0.717) is 17.5 Å². The highest BCUT2D eigenvalue weighted by Crippen LogP contribution is 2.41. The van der Waals surface area contributed by atoms with Gasteiger partial charge in [0.05, 0.1) is 0 Å². The van der Waals surface area contributed by atoms with Crippen molar-refractivity contribution in [2.75, 3.05) is 0 Å². The summed E-state index contributed by atoms with van der Waals surface area (Å²) in [5.74, 6) is 1.91. The van der Waals surface area contributed by atoms with E-state index in [1.54, 1.807) is 0 Å². The van der Waals surface area contributed by atoms with Crippen LogP contribution in [0.2, 0.25) is 0 Å². The molecule has 0 fully saturated rings. The average molecular weight is 778 g/mol. The zero-order chi connectivity index (χ0) is 40.3. The van der Waals surface area contributed by atoms with E-state index in [1.165, 1.54) is 43.4 Å². The monoisotopic (exact) mass is 777 g/mol. The van der Waals surface area contributed by atoms with Gasteiger partial charge in [-0.2, -0.15) is 0 Å². The Morgan fingerprint density at radius 2 is 0.656 bits per heavy atom.